The molecule has 1 fully saturated rings. The van der Waals surface area contributed by atoms with Crippen molar-refractivity contribution in [1.82, 2.24) is 14.7 Å². The number of carbonyl (C=O) groups is 1. The number of aryl methyl sites for hydroxylation is 1. The van der Waals surface area contributed by atoms with E-state index in [0.717, 1.165) is 33.8 Å². The molecule has 3 rings (SSSR count). The third-order valence-electron chi connectivity index (χ3n) is 4.24. The van der Waals surface area contributed by atoms with Gasteiger partial charge in [-0.3, -0.25) is 9.48 Å². The average Bonchev–Trinajstić information content (AvgIpc) is 3.08. The molecule has 6 heteroatoms. The number of nitrogens with zero attached hydrogens (tertiary/aromatic N) is 3. The van der Waals surface area contributed by atoms with Gasteiger partial charge in [0.05, 0.1) is 23.3 Å². The molecule has 1 aliphatic heterocycles. The summed E-state index contributed by atoms with van der Waals surface area (Å²) in [4.78, 5) is 16.7. The van der Waals surface area contributed by atoms with Gasteiger partial charge in [0.15, 0.2) is 0 Å². The second-order valence-corrected chi connectivity index (χ2v) is 7.67. The Kier molecular flexibility index (Phi) is 4.73. The van der Waals surface area contributed by atoms with Gasteiger partial charge in [-0.05, 0) is 25.3 Å². The second kappa shape index (κ2) is 6.61. The first-order chi connectivity index (χ1) is 11.0. The average molecular weight is 335 g/mol. The zero-order valence-electron chi connectivity index (χ0n) is 14.3. The standard InChI is InChI=1S/C17H25N3O2S/c1-5-13-10-19(6-7-22-13)16(21)15-8-14-12(4)18-20(9-11(2)3)17(14)23-15/h8,11,13H,5-7,9-10H2,1-4H3/t13-/m0/s1. The van der Waals surface area contributed by atoms with E-state index in [0.29, 0.717) is 25.6 Å². The smallest absolute Gasteiger partial charge is 0.264 e. The van der Waals surface area contributed by atoms with Gasteiger partial charge in [-0.2, -0.15) is 5.10 Å². The first-order valence-electron chi connectivity index (χ1n) is 8.37. The summed E-state index contributed by atoms with van der Waals surface area (Å²) in [6.45, 7) is 11.4. The molecular formula is C17H25N3O2S. The maximum atomic E-state index is 12.8. The third-order valence-corrected chi connectivity index (χ3v) is 5.37. The van der Waals surface area contributed by atoms with Crippen molar-refractivity contribution in [3.8, 4) is 0 Å². The van der Waals surface area contributed by atoms with Crippen molar-refractivity contribution in [3.63, 3.8) is 0 Å². The lowest BCUT2D eigenvalue weighted by molar-refractivity contribution is -0.0224. The van der Waals surface area contributed by atoms with Crippen molar-refractivity contribution in [2.45, 2.75) is 46.8 Å². The summed E-state index contributed by atoms with van der Waals surface area (Å²) < 4.78 is 7.71. The van der Waals surface area contributed by atoms with Crippen LogP contribution in [-0.4, -0.2) is 46.4 Å². The van der Waals surface area contributed by atoms with Gasteiger partial charge in [0.2, 0.25) is 0 Å². The van der Waals surface area contributed by atoms with Crippen LogP contribution in [0.25, 0.3) is 10.2 Å². The Morgan fingerprint density at radius 1 is 1.52 bits per heavy atom. The molecule has 5 nitrogen and oxygen atoms in total. The van der Waals surface area contributed by atoms with Crippen molar-refractivity contribution in [2.24, 2.45) is 5.92 Å². The van der Waals surface area contributed by atoms with E-state index in [2.05, 4.69) is 25.9 Å². The van der Waals surface area contributed by atoms with Crippen LogP contribution in [0.15, 0.2) is 6.07 Å². The summed E-state index contributed by atoms with van der Waals surface area (Å²) in [5.74, 6) is 0.659. The highest BCUT2D eigenvalue weighted by Gasteiger charge is 2.26. The number of thiophene rings is 1. The zero-order valence-corrected chi connectivity index (χ0v) is 15.2. The topological polar surface area (TPSA) is 47.4 Å². The summed E-state index contributed by atoms with van der Waals surface area (Å²) >= 11 is 1.57. The molecular weight excluding hydrogens is 310 g/mol. The normalized spacial score (nSPS) is 19.0. The SMILES string of the molecule is CC[C@H]1CN(C(=O)c2cc3c(C)nn(CC(C)C)c3s2)CCO1. The summed E-state index contributed by atoms with van der Waals surface area (Å²) in [6, 6.07) is 2.01. The fourth-order valence-electron chi connectivity index (χ4n) is 2.99. The number of ether oxygens (including phenoxy) is 1. The number of hydrogen-bond donors (Lipinski definition) is 0. The van der Waals surface area contributed by atoms with Gasteiger partial charge in [0, 0.05) is 25.0 Å². The molecule has 0 unspecified atom stereocenters. The lowest BCUT2D eigenvalue weighted by atomic mass is 10.2. The number of aromatic nitrogens is 2. The van der Waals surface area contributed by atoms with Crippen LogP contribution in [0.2, 0.25) is 0 Å². The molecule has 0 spiro atoms. The van der Waals surface area contributed by atoms with E-state index in [9.17, 15) is 4.79 Å². The van der Waals surface area contributed by atoms with Crippen LogP contribution in [0.5, 0.6) is 0 Å². The van der Waals surface area contributed by atoms with E-state index in [-0.39, 0.29) is 12.0 Å². The molecule has 0 N–H and O–H groups in total. The second-order valence-electron chi connectivity index (χ2n) is 6.64. The Balaban J connectivity index is 1.86. The number of fused-ring (bicyclic) bond motifs is 1. The van der Waals surface area contributed by atoms with E-state index >= 15 is 0 Å². The van der Waals surface area contributed by atoms with E-state index in [1.807, 2.05) is 22.6 Å². The Labute approximate surface area is 141 Å². The van der Waals surface area contributed by atoms with Crippen molar-refractivity contribution in [3.05, 3.63) is 16.6 Å². The number of hydrogen-bond acceptors (Lipinski definition) is 4. The summed E-state index contributed by atoms with van der Waals surface area (Å²) in [5, 5.41) is 5.72. The van der Waals surface area contributed by atoms with Crippen LogP contribution < -0.4 is 0 Å². The maximum Gasteiger partial charge on any atom is 0.264 e. The number of morpholine rings is 1. The third kappa shape index (κ3) is 3.28. The highest BCUT2D eigenvalue weighted by atomic mass is 32.1. The molecule has 2 aromatic heterocycles. The molecule has 0 aromatic carbocycles. The maximum absolute atomic E-state index is 12.8. The Morgan fingerprint density at radius 3 is 3.00 bits per heavy atom. The molecule has 0 saturated carbocycles. The minimum atomic E-state index is 0.128. The number of carbonyl (C=O) groups excluding carboxylic acids is 1. The lowest BCUT2D eigenvalue weighted by Crippen LogP contribution is -2.45. The van der Waals surface area contributed by atoms with Gasteiger partial charge in [-0.1, -0.05) is 20.8 Å². The Hall–Kier alpha value is -1.40. The van der Waals surface area contributed by atoms with Gasteiger partial charge >= 0.3 is 0 Å². The van der Waals surface area contributed by atoms with Crippen LogP contribution in [0, 0.1) is 12.8 Å². The largest absolute Gasteiger partial charge is 0.375 e. The van der Waals surface area contributed by atoms with Crippen LogP contribution in [0.3, 0.4) is 0 Å². The zero-order chi connectivity index (χ0) is 16.6. The predicted molar refractivity (Wildman–Crippen MR) is 93.1 cm³/mol. The van der Waals surface area contributed by atoms with Crippen LogP contribution in [-0.2, 0) is 11.3 Å². The highest BCUT2D eigenvalue weighted by molar-refractivity contribution is 7.20. The first kappa shape index (κ1) is 16.5. The van der Waals surface area contributed by atoms with Crippen LogP contribution >= 0.6 is 11.3 Å². The van der Waals surface area contributed by atoms with E-state index in [4.69, 9.17) is 4.74 Å². The van der Waals surface area contributed by atoms with Crippen LogP contribution in [0.1, 0.15) is 42.6 Å². The van der Waals surface area contributed by atoms with Crippen molar-refractivity contribution < 1.29 is 9.53 Å². The molecule has 1 saturated heterocycles. The minimum Gasteiger partial charge on any atom is -0.375 e. The monoisotopic (exact) mass is 335 g/mol. The molecule has 0 bridgehead atoms. The quantitative estimate of drug-likeness (QED) is 0.861. The Morgan fingerprint density at radius 2 is 2.30 bits per heavy atom. The highest BCUT2D eigenvalue weighted by Crippen LogP contribution is 2.30. The van der Waals surface area contributed by atoms with Crippen molar-refractivity contribution in [2.75, 3.05) is 19.7 Å². The molecule has 0 radical (unpaired) electrons. The van der Waals surface area contributed by atoms with Gasteiger partial charge < -0.3 is 9.64 Å². The fraction of sp³-hybridized carbons (Fsp3) is 0.647. The van der Waals surface area contributed by atoms with Crippen molar-refractivity contribution >= 4 is 27.5 Å². The van der Waals surface area contributed by atoms with Crippen molar-refractivity contribution in [1.29, 1.82) is 0 Å². The van der Waals surface area contributed by atoms with Gasteiger partial charge in [-0.25, -0.2) is 0 Å². The van der Waals surface area contributed by atoms with Crippen LogP contribution in [0.4, 0.5) is 0 Å². The van der Waals surface area contributed by atoms with E-state index in [1.54, 1.807) is 11.3 Å². The number of rotatable bonds is 4. The van der Waals surface area contributed by atoms with Gasteiger partial charge in [0.1, 0.15) is 4.83 Å². The molecule has 1 aliphatic rings. The molecule has 2 aromatic rings. The molecule has 1 amide bonds. The predicted octanol–water partition coefficient (Wildman–Crippen LogP) is 3.31. The fourth-order valence-corrected chi connectivity index (χ4v) is 4.13. The van der Waals surface area contributed by atoms with Gasteiger partial charge in [-0.15, -0.1) is 11.3 Å². The molecule has 0 aliphatic carbocycles. The first-order valence-corrected chi connectivity index (χ1v) is 9.19. The minimum absolute atomic E-state index is 0.128. The Bertz CT molecular complexity index is 704. The summed E-state index contributed by atoms with van der Waals surface area (Å²) in [7, 11) is 0. The molecule has 23 heavy (non-hydrogen) atoms. The number of amides is 1. The summed E-state index contributed by atoms with van der Waals surface area (Å²) in [5.41, 5.74) is 1.00. The molecule has 126 valence electrons. The van der Waals surface area contributed by atoms with Gasteiger partial charge in [0.25, 0.3) is 5.91 Å². The molecule has 1 atom stereocenters. The van der Waals surface area contributed by atoms with E-state index < -0.39 is 0 Å². The lowest BCUT2D eigenvalue weighted by Gasteiger charge is -2.32. The molecule has 3 heterocycles. The summed E-state index contributed by atoms with van der Waals surface area (Å²) in [6.07, 6.45) is 1.11. The van der Waals surface area contributed by atoms with E-state index in [1.165, 1.54) is 0 Å².